The fraction of sp³-hybridized carbons (Fsp3) is 0.462. The molecular weight excluding hydrogens is 311 g/mol. The van der Waals surface area contributed by atoms with Crippen molar-refractivity contribution >= 4 is 11.7 Å². The summed E-state index contributed by atoms with van der Waals surface area (Å²) in [5, 5.41) is 3.35. The molecule has 1 rings (SSSR count). The fourth-order valence-electron chi connectivity index (χ4n) is 1.56. The summed E-state index contributed by atoms with van der Waals surface area (Å²) in [6.45, 7) is 0.304. The molecular formula is C13H15F5N2O2. The van der Waals surface area contributed by atoms with E-state index in [9.17, 15) is 26.7 Å². The minimum atomic E-state index is -5.34. The molecule has 2 N–H and O–H groups in total. The van der Waals surface area contributed by atoms with E-state index in [2.05, 4.69) is 5.32 Å². The highest BCUT2D eigenvalue weighted by Gasteiger charge is 2.65. The van der Waals surface area contributed by atoms with Crippen molar-refractivity contribution < 1.29 is 31.5 Å². The summed E-state index contributed by atoms with van der Waals surface area (Å²) in [7, 11) is 1.29. The highest BCUT2D eigenvalue weighted by atomic mass is 19.4. The monoisotopic (exact) mass is 326 g/mol. The third kappa shape index (κ3) is 3.58. The van der Waals surface area contributed by atoms with Crippen LogP contribution in [0.25, 0.3) is 0 Å². The predicted octanol–water partition coefficient (Wildman–Crippen LogP) is 3.79. The largest absolute Gasteiger partial charge is 0.495 e. The first-order valence-electron chi connectivity index (χ1n) is 6.09. The molecule has 0 aromatic heterocycles. The molecule has 1 unspecified atom stereocenters. The maximum Gasteiger partial charge on any atom is 0.417 e. The number of benzene rings is 1. The van der Waals surface area contributed by atoms with Crippen LogP contribution in [0.15, 0.2) is 24.3 Å². The van der Waals surface area contributed by atoms with Gasteiger partial charge in [0, 0.05) is 6.92 Å². The van der Waals surface area contributed by atoms with Crippen molar-refractivity contribution in [2.45, 2.75) is 31.5 Å². The van der Waals surface area contributed by atoms with Gasteiger partial charge in [0.15, 0.2) is 5.54 Å². The summed E-state index contributed by atoms with van der Waals surface area (Å²) >= 11 is 0. The average molecular weight is 326 g/mol. The number of rotatable bonds is 4. The topological polar surface area (TPSA) is 50.4 Å². The molecule has 1 aromatic rings. The highest BCUT2D eigenvalue weighted by molar-refractivity contribution is 5.91. The number of anilines is 1. The molecule has 0 radical (unpaired) electrons. The second-order valence-corrected chi connectivity index (χ2v) is 4.79. The van der Waals surface area contributed by atoms with E-state index in [0.29, 0.717) is 0 Å². The molecule has 9 heteroatoms. The lowest BCUT2D eigenvalue weighted by molar-refractivity contribution is -0.249. The van der Waals surface area contributed by atoms with Crippen LogP contribution in [0.4, 0.5) is 32.4 Å². The minimum absolute atomic E-state index is 0.0476. The number of hydrogen-bond donors (Lipinski definition) is 2. The maximum absolute atomic E-state index is 13.3. The third-order valence-electron chi connectivity index (χ3n) is 3.16. The zero-order valence-corrected chi connectivity index (χ0v) is 12.0. The molecule has 0 saturated carbocycles. The van der Waals surface area contributed by atoms with Crippen LogP contribution < -0.4 is 15.4 Å². The number of carbonyl (C=O) groups is 1. The molecule has 1 atom stereocenters. The summed E-state index contributed by atoms with van der Waals surface area (Å²) in [5.74, 6) is -4.04. The lowest BCUT2D eigenvalue weighted by Gasteiger charge is -2.37. The third-order valence-corrected chi connectivity index (χ3v) is 3.16. The Kier molecular flexibility index (Phi) is 4.89. The first kappa shape index (κ1) is 18.0. The van der Waals surface area contributed by atoms with Gasteiger partial charge >= 0.3 is 12.2 Å². The number of hydrogen-bond acceptors (Lipinski definition) is 2. The molecule has 124 valence electrons. The number of ether oxygens (including phenoxy) is 1. The molecule has 0 aliphatic rings. The molecule has 0 heterocycles. The number of halogens is 5. The first-order chi connectivity index (χ1) is 9.92. The van der Waals surface area contributed by atoms with Gasteiger partial charge in [-0.1, -0.05) is 12.1 Å². The molecule has 0 spiro atoms. The molecule has 4 nitrogen and oxygen atoms in total. The Bertz CT molecular complexity index is 526. The van der Waals surface area contributed by atoms with Crippen LogP contribution in [-0.4, -0.2) is 30.8 Å². The zero-order chi connectivity index (χ0) is 17.2. The van der Waals surface area contributed by atoms with Gasteiger partial charge in [-0.2, -0.15) is 13.2 Å². The molecule has 22 heavy (non-hydrogen) atoms. The van der Waals surface area contributed by atoms with Gasteiger partial charge in [0.25, 0.3) is 5.92 Å². The molecule has 0 aliphatic carbocycles. The van der Waals surface area contributed by atoms with Gasteiger partial charge in [-0.3, -0.25) is 0 Å². The lowest BCUT2D eigenvalue weighted by atomic mass is 9.94. The standard InChI is InChI=1S/C13H15F5N2O2/c1-11(12(2,14)15,13(16,17)18)20-10(21)19-8-6-4-5-7-9(8)22-3/h4-7H,1-3H3,(H2,19,20,21). The van der Waals surface area contributed by atoms with E-state index in [-0.39, 0.29) is 25.3 Å². The van der Waals surface area contributed by atoms with E-state index in [1.165, 1.54) is 30.6 Å². The number of urea groups is 1. The van der Waals surface area contributed by atoms with Crippen molar-refractivity contribution in [1.29, 1.82) is 0 Å². The summed E-state index contributed by atoms with van der Waals surface area (Å²) in [4.78, 5) is 11.7. The maximum atomic E-state index is 13.3. The van der Waals surface area contributed by atoms with Crippen LogP contribution >= 0.6 is 0 Å². The van der Waals surface area contributed by atoms with Crippen molar-refractivity contribution in [1.82, 2.24) is 5.32 Å². The van der Waals surface area contributed by atoms with Crippen molar-refractivity contribution in [3.8, 4) is 5.75 Å². The smallest absolute Gasteiger partial charge is 0.417 e. The molecule has 0 bridgehead atoms. The normalized spacial score (nSPS) is 14.9. The summed E-state index contributed by atoms with van der Waals surface area (Å²) in [6, 6.07) is 4.45. The first-order valence-corrected chi connectivity index (χ1v) is 6.09. The fourth-order valence-corrected chi connectivity index (χ4v) is 1.56. The van der Waals surface area contributed by atoms with Crippen LogP contribution in [0, 0.1) is 0 Å². The van der Waals surface area contributed by atoms with Gasteiger partial charge in [0.05, 0.1) is 12.8 Å². The number of amides is 2. The Morgan fingerprint density at radius 1 is 1.09 bits per heavy atom. The van der Waals surface area contributed by atoms with Crippen LogP contribution in [-0.2, 0) is 0 Å². The number of alkyl halides is 5. The van der Waals surface area contributed by atoms with E-state index in [4.69, 9.17) is 4.74 Å². The predicted molar refractivity (Wildman–Crippen MR) is 70.2 cm³/mol. The minimum Gasteiger partial charge on any atom is -0.495 e. The quantitative estimate of drug-likeness (QED) is 0.827. The van der Waals surface area contributed by atoms with Gasteiger partial charge in [0.1, 0.15) is 5.75 Å². The zero-order valence-electron chi connectivity index (χ0n) is 12.0. The second-order valence-electron chi connectivity index (χ2n) is 4.79. The Hall–Kier alpha value is -2.06. The number of para-hydroxylation sites is 2. The molecule has 0 fully saturated rings. The summed E-state index contributed by atoms with van der Waals surface area (Å²) in [5.41, 5.74) is -3.67. The highest BCUT2D eigenvalue weighted by Crippen LogP contribution is 2.41. The van der Waals surface area contributed by atoms with E-state index >= 15 is 0 Å². The van der Waals surface area contributed by atoms with Gasteiger partial charge in [-0.25, -0.2) is 13.6 Å². The van der Waals surface area contributed by atoms with Crippen LogP contribution in [0.1, 0.15) is 13.8 Å². The van der Waals surface area contributed by atoms with Gasteiger partial charge in [0.2, 0.25) is 0 Å². The summed E-state index contributed by atoms with van der Waals surface area (Å²) in [6.07, 6.45) is -5.34. The van der Waals surface area contributed by atoms with Crippen molar-refractivity contribution in [3.63, 3.8) is 0 Å². The second kappa shape index (κ2) is 5.98. The number of nitrogens with one attached hydrogen (secondary N) is 2. The number of carbonyl (C=O) groups excluding carboxylic acids is 1. The molecule has 0 saturated heterocycles. The Balaban J connectivity index is 2.99. The SMILES string of the molecule is COc1ccccc1NC(=O)NC(C)(C(C)(F)F)C(F)(F)F. The van der Waals surface area contributed by atoms with Gasteiger partial charge in [-0.05, 0) is 19.1 Å². The van der Waals surface area contributed by atoms with Crippen LogP contribution in [0.2, 0.25) is 0 Å². The summed E-state index contributed by atoms with van der Waals surface area (Å²) < 4.78 is 70.2. The van der Waals surface area contributed by atoms with E-state index < -0.39 is 23.7 Å². The Morgan fingerprint density at radius 3 is 2.09 bits per heavy atom. The van der Waals surface area contributed by atoms with Crippen LogP contribution in [0.5, 0.6) is 5.75 Å². The van der Waals surface area contributed by atoms with Gasteiger partial charge in [-0.15, -0.1) is 0 Å². The van der Waals surface area contributed by atoms with E-state index in [0.717, 1.165) is 0 Å². The number of methoxy groups -OCH3 is 1. The average Bonchev–Trinajstić information content (AvgIpc) is 2.36. The Morgan fingerprint density at radius 2 is 1.64 bits per heavy atom. The molecule has 1 aromatic carbocycles. The molecule has 0 aliphatic heterocycles. The van der Waals surface area contributed by atoms with Crippen LogP contribution in [0.3, 0.4) is 0 Å². The van der Waals surface area contributed by atoms with E-state index in [1.54, 1.807) is 6.07 Å². The lowest BCUT2D eigenvalue weighted by Crippen LogP contribution is -2.66. The molecule has 2 amide bonds. The van der Waals surface area contributed by atoms with Crippen molar-refractivity contribution in [3.05, 3.63) is 24.3 Å². The van der Waals surface area contributed by atoms with Crippen molar-refractivity contribution in [2.24, 2.45) is 0 Å². The van der Waals surface area contributed by atoms with E-state index in [1.807, 2.05) is 0 Å². The van der Waals surface area contributed by atoms with Gasteiger partial charge < -0.3 is 15.4 Å². The van der Waals surface area contributed by atoms with Crippen molar-refractivity contribution in [2.75, 3.05) is 12.4 Å². The Labute approximate surface area is 123 Å².